The summed E-state index contributed by atoms with van der Waals surface area (Å²) in [7, 11) is 0. The second-order valence-electron chi connectivity index (χ2n) is 3.15. The highest BCUT2D eigenvalue weighted by Crippen LogP contribution is 2.12. The fourth-order valence-corrected chi connectivity index (χ4v) is 1.27. The number of carbonyl (C=O) groups is 1. The van der Waals surface area contributed by atoms with Crippen LogP contribution in [0.4, 0.5) is 0 Å². The van der Waals surface area contributed by atoms with E-state index in [0.717, 1.165) is 5.56 Å². The van der Waals surface area contributed by atoms with E-state index in [1.54, 1.807) is 12.2 Å². The summed E-state index contributed by atoms with van der Waals surface area (Å²) in [5.74, 6) is -0.801. The number of hydrogen-bond donors (Lipinski definition) is 1. The minimum absolute atomic E-state index is 0.0622. The fourth-order valence-electron chi connectivity index (χ4n) is 1.27. The monoisotopic (exact) mass is 215 g/mol. The van der Waals surface area contributed by atoms with Crippen LogP contribution in [0.25, 0.3) is 12.2 Å². The Morgan fingerprint density at radius 2 is 2.00 bits per heavy atom. The molecule has 16 heavy (non-hydrogen) atoms. The molecule has 0 aliphatic rings. The van der Waals surface area contributed by atoms with Gasteiger partial charge in [-0.25, -0.2) is 4.79 Å². The number of rotatable bonds is 3. The van der Waals surface area contributed by atoms with Crippen molar-refractivity contribution in [3.05, 3.63) is 53.4 Å². The molecule has 1 aromatic heterocycles. The first kappa shape index (κ1) is 10.2. The van der Waals surface area contributed by atoms with Gasteiger partial charge in [0.2, 0.25) is 0 Å². The number of aromatic carboxylic acids is 1. The number of aromatic nitrogens is 1. The average molecular weight is 215 g/mol. The normalized spacial score (nSPS) is 10.8. The summed E-state index contributed by atoms with van der Waals surface area (Å²) in [5.41, 5.74) is 1.03. The van der Waals surface area contributed by atoms with E-state index in [1.807, 2.05) is 30.3 Å². The highest BCUT2D eigenvalue weighted by Gasteiger charge is 2.11. The van der Waals surface area contributed by atoms with E-state index in [1.165, 1.54) is 6.20 Å². The summed E-state index contributed by atoms with van der Waals surface area (Å²) >= 11 is 0. The highest BCUT2D eigenvalue weighted by molar-refractivity contribution is 5.91. The molecule has 0 fully saturated rings. The Hall–Kier alpha value is -2.36. The van der Waals surface area contributed by atoms with Gasteiger partial charge in [-0.3, -0.25) is 0 Å². The Balaban J connectivity index is 2.24. The van der Waals surface area contributed by atoms with E-state index in [9.17, 15) is 4.79 Å². The number of carboxylic acids is 1. The summed E-state index contributed by atoms with van der Waals surface area (Å²) in [6, 6.07) is 9.53. The molecule has 0 unspecified atom stereocenters. The van der Waals surface area contributed by atoms with E-state index in [-0.39, 0.29) is 11.3 Å². The van der Waals surface area contributed by atoms with Crippen molar-refractivity contribution in [3.63, 3.8) is 0 Å². The van der Waals surface area contributed by atoms with E-state index >= 15 is 0 Å². The molecule has 0 saturated carbocycles. The van der Waals surface area contributed by atoms with Gasteiger partial charge < -0.3 is 9.63 Å². The van der Waals surface area contributed by atoms with Crippen LogP contribution < -0.4 is 0 Å². The van der Waals surface area contributed by atoms with Gasteiger partial charge in [0.15, 0.2) is 5.76 Å². The van der Waals surface area contributed by atoms with E-state index in [4.69, 9.17) is 9.63 Å². The van der Waals surface area contributed by atoms with Crippen molar-refractivity contribution in [3.8, 4) is 0 Å². The third-order valence-corrected chi connectivity index (χ3v) is 2.06. The molecule has 0 atom stereocenters. The van der Waals surface area contributed by atoms with Crippen molar-refractivity contribution in [1.82, 2.24) is 5.16 Å². The first-order valence-electron chi connectivity index (χ1n) is 4.68. The summed E-state index contributed by atoms with van der Waals surface area (Å²) < 4.78 is 4.83. The standard InChI is InChI=1S/C12H9NO3/c14-12(15)10-8-13-16-11(10)7-6-9-4-2-1-3-5-9/h1-8H,(H,14,15)/b7-6+. The number of nitrogens with zero attached hydrogens (tertiary/aromatic N) is 1. The van der Waals surface area contributed by atoms with Crippen LogP contribution >= 0.6 is 0 Å². The van der Waals surface area contributed by atoms with Crippen LogP contribution in [0.15, 0.2) is 41.1 Å². The zero-order valence-electron chi connectivity index (χ0n) is 8.33. The molecule has 4 heteroatoms. The van der Waals surface area contributed by atoms with Crippen LogP contribution in [-0.2, 0) is 0 Å². The van der Waals surface area contributed by atoms with E-state index < -0.39 is 5.97 Å². The van der Waals surface area contributed by atoms with Gasteiger partial charge in [-0.1, -0.05) is 41.6 Å². The zero-order chi connectivity index (χ0) is 11.4. The third-order valence-electron chi connectivity index (χ3n) is 2.06. The first-order chi connectivity index (χ1) is 7.77. The molecule has 0 spiro atoms. The van der Waals surface area contributed by atoms with Crippen molar-refractivity contribution in [1.29, 1.82) is 0 Å². The number of hydrogen-bond acceptors (Lipinski definition) is 3. The first-order valence-corrected chi connectivity index (χ1v) is 4.68. The SMILES string of the molecule is O=C(O)c1cnoc1/C=C/c1ccccc1. The average Bonchev–Trinajstić information content (AvgIpc) is 2.76. The Bertz CT molecular complexity index is 514. The second kappa shape index (κ2) is 4.44. The molecule has 0 saturated heterocycles. The van der Waals surface area contributed by atoms with E-state index in [2.05, 4.69) is 5.16 Å². The molecule has 0 bridgehead atoms. The fraction of sp³-hybridized carbons (Fsp3) is 0. The molecule has 1 N–H and O–H groups in total. The highest BCUT2D eigenvalue weighted by atomic mass is 16.5. The van der Waals surface area contributed by atoms with Crippen molar-refractivity contribution in [2.24, 2.45) is 0 Å². The molecule has 2 rings (SSSR count). The molecule has 0 amide bonds. The summed E-state index contributed by atoms with van der Waals surface area (Å²) in [6.07, 6.45) is 4.55. The van der Waals surface area contributed by atoms with Gasteiger partial charge in [0.05, 0.1) is 6.20 Å². The minimum atomic E-state index is -1.05. The van der Waals surface area contributed by atoms with Crippen LogP contribution in [0.1, 0.15) is 21.7 Å². The summed E-state index contributed by atoms with van der Waals surface area (Å²) in [5, 5.41) is 12.3. The third kappa shape index (κ3) is 2.17. The van der Waals surface area contributed by atoms with Crippen molar-refractivity contribution < 1.29 is 14.4 Å². The van der Waals surface area contributed by atoms with Crippen LogP contribution in [0.2, 0.25) is 0 Å². The van der Waals surface area contributed by atoms with Crippen LogP contribution in [0.5, 0.6) is 0 Å². The van der Waals surface area contributed by atoms with Crippen LogP contribution in [-0.4, -0.2) is 16.2 Å². The molecule has 0 aliphatic heterocycles. The lowest BCUT2D eigenvalue weighted by Crippen LogP contribution is -1.95. The van der Waals surface area contributed by atoms with Gasteiger partial charge in [0.25, 0.3) is 0 Å². The molecule has 0 aliphatic carbocycles. The Kier molecular flexibility index (Phi) is 2.82. The Morgan fingerprint density at radius 3 is 2.69 bits per heavy atom. The van der Waals surface area contributed by atoms with Gasteiger partial charge in [-0.15, -0.1) is 0 Å². The Morgan fingerprint density at radius 1 is 1.25 bits per heavy atom. The predicted molar refractivity (Wildman–Crippen MR) is 58.8 cm³/mol. The predicted octanol–water partition coefficient (Wildman–Crippen LogP) is 2.54. The molecule has 0 radical (unpaired) electrons. The maximum absolute atomic E-state index is 10.8. The lowest BCUT2D eigenvalue weighted by atomic mass is 10.2. The van der Waals surface area contributed by atoms with Crippen LogP contribution in [0, 0.1) is 0 Å². The van der Waals surface area contributed by atoms with Gasteiger partial charge >= 0.3 is 5.97 Å². The molecule has 4 nitrogen and oxygen atoms in total. The number of benzene rings is 1. The van der Waals surface area contributed by atoms with Crippen molar-refractivity contribution >= 4 is 18.1 Å². The smallest absolute Gasteiger partial charge is 0.341 e. The van der Waals surface area contributed by atoms with Gasteiger partial charge in [0, 0.05) is 0 Å². The Labute approximate surface area is 91.8 Å². The lowest BCUT2D eigenvalue weighted by molar-refractivity contribution is 0.0696. The van der Waals surface area contributed by atoms with Gasteiger partial charge in [0.1, 0.15) is 5.56 Å². The molecular weight excluding hydrogens is 206 g/mol. The quantitative estimate of drug-likeness (QED) is 0.854. The maximum Gasteiger partial charge on any atom is 0.341 e. The van der Waals surface area contributed by atoms with Crippen molar-refractivity contribution in [2.75, 3.05) is 0 Å². The van der Waals surface area contributed by atoms with Crippen molar-refractivity contribution in [2.45, 2.75) is 0 Å². The van der Waals surface area contributed by atoms with Gasteiger partial charge in [-0.05, 0) is 11.6 Å². The minimum Gasteiger partial charge on any atom is -0.477 e. The summed E-state index contributed by atoms with van der Waals surface area (Å²) in [4.78, 5) is 10.8. The summed E-state index contributed by atoms with van der Waals surface area (Å²) in [6.45, 7) is 0. The molecule has 1 aromatic carbocycles. The maximum atomic E-state index is 10.8. The second-order valence-corrected chi connectivity index (χ2v) is 3.15. The molecule has 1 heterocycles. The zero-order valence-corrected chi connectivity index (χ0v) is 8.33. The molecule has 80 valence electrons. The molecular formula is C12H9NO3. The number of carboxylic acid groups (broad SMARTS) is 1. The topological polar surface area (TPSA) is 63.3 Å². The lowest BCUT2D eigenvalue weighted by Gasteiger charge is -1.91. The molecule has 2 aromatic rings. The van der Waals surface area contributed by atoms with E-state index in [0.29, 0.717) is 0 Å². The van der Waals surface area contributed by atoms with Crippen LogP contribution in [0.3, 0.4) is 0 Å². The largest absolute Gasteiger partial charge is 0.477 e. The van der Waals surface area contributed by atoms with Gasteiger partial charge in [-0.2, -0.15) is 0 Å².